The summed E-state index contributed by atoms with van der Waals surface area (Å²) in [6.07, 6.45) is 2.69. The molecule has 1 aromatic rings. The summed E-state index contributed by atoms with van der Waals surface area (Å²) in [5, 5.41) is 0. The quantitative estimate of drug-likeness (QED) is 0.491. The lowest BCUT2D eigenvalue weighted by Gasteiger charge is -2.07. The van der Waals surface area contributed by atoms with Gasteiger partial charge in [-0.15, -0.1) is 0 Å². The number of anilines is 1. The van der Waals surface area contributed by atoms with E-state index in [0.717, 1.165) is 31.4 Å². The zero-order valence-corrected chi connectivity index (χ0v) is 9.63. The first kappa shape index (κ1) is 13.4. The summed E-state index contributed by atoms with van der Waals surface area (Å²) in [6.45, 7) is 2.28. The van der Waals surface area contributed by atoms with Crippen LogP contribution in [0, 0.1) is 11.6 Å². The molecule has 0 aliphatic carbocycles. The lowest BCUT2D eigenvalue weighted by molar-refractivity contribution is 0.0499. The van der Waals surface area contributed by atoms with E-state index in [0.29, 0.717) is 0 Å². The maximum atomic E-state index is 12.9. The molecule has 3 nitrogen and oxygen atoms in total. The van der Waals surface area contributed by atoms with Crippen LogP contribution in [0.2, 0.25) is 0 Å². The van der Waals surface area contributed by atoms with Gasteiger partial charge in [-0.2, -0.15) is 0 Å². The van der Waals surface area contributed by atoms with Gasteiger partial charge in [0, 0.05) is 11.8 Å². The van der Waals surface area contributed by atoms with Crippen LogP contribution >= 0.6 is 0 Å². The van der Waals surface area contributed by atoms with Gasteiger partial charge < -0.3 is 10.5 Å². The van der Waals surface area contributed by atoms with E-state index in [1.54, 1.807) is 0 Å². The molecule has 17 heavy (non-hydrogen) atoms. The average Bonchev–Trinajstić information content (AvgIpc) is 2.29. The number of rotatable bonds is 5. The molecule has 0 heterocycles. The van der Waals surface area contributed by atoms with E-state index in [-0.39, 0.29) is 17.9 Å². The SMILES string of the molecule is CCCCCOC(=O)c1cc(F)c(F)cc1N. The Kier molecular flexibility index (Phi) is 4.87. The molecule has 5 heteroatoms. The molecule has 0 aliphatic rings. The van der Waals surface area contributed by atoms with Gasteiger partial charge >= 0.3 is 5.97 Å². The Labute approximate surface area is 98.6 Å². The summed E-state index contributed by atoms with van der Waals surface area (Å²) in [4.78, 5) is 11.5. The normalized spacial score (nSPS) is 10.3. The van der Waals surface area contributed by atoms with Crippen molar-refractivity contribution in [1.29, 1.82) is 0 Å². The number of unbranched alkanes of at least 4 members (excludes halogenated alkanes) is 2. The average molecular weight is 243 g/mol. The molecule has 0 fully saturated rings. The number of hydrogen-bond acceptors (Lipinski definition) is 3. The largest absolute Gasteiger partial charge is 0.462 e. The lowest BCUT2D eigenvalue weighted by atomic mass is 10.1. The zero-order valence-electron chi connectivity index (χ0n) is 9.63. The number of nitrogen functional groups attached to an aromatic ring is 1. The van der Waals surface area contributed by atoms with Gasteiger partial charge in [-0.05, 0) is 12.5 Å². The first-order chi connectivity index (χ1) is 8.06. The van der Waals surface area contributed by atoms with Gasteiger partial charge in [0.1, 0.15) is 0 Å². The van der Waals surface area contributed by atoms with E-state index in [4.69, 9.17) is 10.5 Å². The fourth-order valence-corrected chi connectivity index (χ4v) is 1.33. The maximum absolute atomic E-state index is 12.9. The highest BCUT2D eigenvalue weighted by Gasteiger charge is 2.15. The van der Waals surface area contributed by atoms with E-state index < -0.39 is 17.6 Å². The van der Waals surface area contributed by atoms with Crippen molar-refractivity contribution < 1.29 is 18.3 Å². The monoisotopic (exact) mass is 243 g/mol. The Morgan fingerprint density at radius 1 is 1.29 bits per heavy atom. The summed E-state index contributed by atoms with van der Waals surface area (Å²) in [5.74, 6) is -2.91. The fraction of sp³-hybridized carbons (Fsp3) is 0.417. The molecular weight excluding hydrogens is 228 g/mol. The van der Waals surface area contributed by atoms with Gasteiger partial charge in [-0.25, -0.2) is 13.6 Å². The summed E-state index contributed by atoms with van der Waals surface area (Å²) in [6, 6.07) is 1.53. The van der Waals surface area contributed by atoms with Crippen molar-refractivity contribution in [3.05, 3.63) is 29.3 Å². The molecule has 0 saturated carbocycles. The highest BCUT2D eigenvalue weighted by Crippen LogP contribution is 2.18. The van der Waals surface area contributed by atoms with Crippen LogP contribution in [0.15, 0.2) is 12.1 Å². The molecule has 0 amide bonds. The van der Waals surface area contributed by atoms with Crippen LogP contribution in [0.5, 0.6) is 0 Å². The first-order valence-electron chi connectivity index (χ1n) is 5.48. The van der Waals surface area contributed by atoms with Gasteiger partial charge in [0.05, 0.1) is 12.2 Å². The molecule has 0 saturated heterocycles. The van der Waals surface area contributed by atoms with Crippen molar-refractivity contribution in [2.75, 3.05) is 12.3 Å². The van der Waals surface area contributed by atoms with E-state index in [1.807, 2.05) is 6.92 Å². The second-order valence-corrected chi connectivity index (χ2v) is 3.70. The molecule has 0 aromatic heterocycles. The van der Waals surface area contributed by atoms with Crippen LogP contribution in [0.1, 0.15) is 36.5 Å². The number of hydrogen-bond donors (Lipinski definition) is 1. The Balaban J connectivity index is 2.66. The highest BCUT2D eigenvalue weighted by molar-refractivity contribution is 5.95. The van der Waals surface area contributed by atoms with Crippen LogP contribution in [0.4, 0.5) is 14.5 Å². The molecule has 0 spiro atoms. The molecule has 0 bridgehead atoms. The van der Waals surface area contributed by atoms with E-state index >= 15 is 0 Å². The highest BCUT2D eigenvalue weighted by atomic mass is 19.2. The number of halogens is 2. The van der Waals surface area contributed by atoms with Gasteiger partial charge in [0.15, 0.2) is 11.6 Å². The minimum atomic E-state index is -1.11. The van der Waals surface area contributed by atoms with Crippen molar-refractivity contribution >= 4 is 11.7 Å². The molecule has 0 aliphatic heterocycles. The standard InChI is InChI=1S/C12H15F2NO2/c1-2-3-4-5-17-12(16)8-6-9(13)10(14)7-11(8)15/h6-7H,2-5,15H2,1H3. The topological polar surface area (TPSA) is 52.3 Å². The van der Waals surface area contributed by atoms with Gasteiger partial charge in [-0.1, -0.05) is 19.8 Å². The lowest BCUT2D eigenvalue weighted by Crippen LogP contribution is -2.10. The fourth-order valence-electron chi connectivity index (χ4n) is 1.33. The van der Waals surface area contributed by atoms with E-state index in [9.17, 15) is 13.6 Å². The van der Waals surface area contributed by atoms with Crippen LogP contribution in [-0.2, 0) is 4.74 Å². The van der Waals surface area contributed by atoms with Crippen molar-refractivity contribution in [1.82, 2.24) is 0 Å². The second-order valence-electron chi connectivity index (χ2n) is 3.70. The van der Waals surface area contributed by atoms with Crippen LogP contribution < -0.4 is 5.73 Å². The molecule has 2 N–H and O–H groups in total. The molecule has 0 unspecified atom stereocenters. The summed E-state index contributed by atoms with van der Waals surface area (Å²) >= 11 is 0. The van der Waals surface area contributed by atoms with E-state index in [1.165, 1.54) is 0 Å². The molecule has 0 radical (unpaired) electrons. The van der Waals surface area contributed by atoms with Crippen molar-refractivity contribution in [2.45, 2.75) is 26.2 Å². The summed E-state index contributed by atoms with van der Waals surface area (Å²) in [5.41, 5.74) is 5.15. The molecule has 94 valence electrons. The molecule has 1 aromatic carbocycles. The summed E-state index contributed by atoms with van der Waals surface area (Å²) in [7, 11) is 0. The Morgan fingerprint density at radius 3 is 2.59 bits per heavy atom. The predicted molar refractivity (Wildman–Crippen MR) is 60.6 cm³/mol. The Hall–Kier alpha value is -1.65. The van der Waals surface area contributed by atoms with Crippen LogP contribution in [0.25, 0.3) is 0 Å². The van der Waals surface area contributed by atoms with Crippen LogP contribution in [-0.4, -0.2) is 12.6 Å². The smallest absolute Gasteiger partial charge is 0.340 e. The van der Waals surface area contributed by atoms with Crippen LogP contribution in [0.3, 0.4) is 0 Å². The number of carbonyl (C=O) groups excluding carboxylic acids is 1. The van der Waals surface area contributed by atoms with Gasteiger partial charge in [0.2, 0.25) is 0 Å². The predicted octanol–water partition coefficient (Wildman–Crippen LogP) is 2.89. The number of carbonyl (C=O) groups is 1. The third kappa shape index (κ3) is 3.69. The minimum absolute atomic E-state index is 0.121. The molecule has 0 atom stereocenters. The van der Waals surface area contributed by atoms with Crippen molar-refractivity contribution in [3.63, 3.8) is 0 Å². The van der Waals surface area contributed by atoms with Crippen molar-refractivity contribution in [3.8, 4) is 0 Å². The van der Waals surface area contributed by atoms with E-state index in [2.05, 4.69) is 0 Å². The Bertz CT molecular complexity index is 408. The summed E-state index contributed by atoms with van der Waals surface area (Å²) < 4.78 is 30.6. The third-order valence-electron chi connectivity index (χ3n) is 2.29. The maximum Gasteiger partial charge on any atom is 0.340 e. The second kappa shape index (κ2) is 6.18. The first-order valence-corrected chi connectivity index (χ1v) is 5.48. The number of benzene rings is 1. The Morgan fingerprint density at radius 2 is 1.94 bits per heavy atom. The van der Waals surface area contributed by atoms with Crippen molar-refractivity contribution in [2.24, 2.45) is 0 Å². The molecule has 1 rings (SSSR count). The van der Waals surface area contributed by atoms with Gasteiger partial charge in [-0.3, -0.25) is 0 Å². The zero-order chi connectivity index (χ0) is 12.8. The van der Waals surface area contributed by atoms with Gasteiger partial charge in [0.25, 0.3) is 0 Å². The minimum Gasteiger partial charge on any atom is -0.462 e. The third-order valence-corrected chi connectivity index (χ3v) is 2.29. The number of esters is 1. The molecular formula is C12H15F2NO2. The number of nitrogens with two attached hydrogens (primary N) is 1. The number of ether oxygens (including phenoxy) is 1.